The standard InChI is InChI=1S/C26H42O5/c1-20(2)14-10-7-5-6-8-11-15-22-18-19-25(31-21(3)27)23(22)16-12-9-13-17-24(28)26(29)30-4/h11,14-15,22-23,25H,5-10,12-13,16-19H2,1-4H3/t22-,23+,25-/m0/s1. The molecule has 176 valence electrons. The lowest BCUT2D eigenvalue weighted by Crippen LogP contribution is -2.24. The summed E-state index contributed by atoms with van der Waals surface area (Å²) in [6.07, 6.45) is 18.7. The molecule has 1 fully saturated rings. The van der Waals surface area contributed by atoms with Crippen LogP contribution in [0.4, 0.5) is 0 Å². The molecule has 31 heavy (non-hydrogen) atoms. The van der Waals surface area contributed by atoms with Gasteiger partial charge in [-0.1, -0.05) is 43.1 Å². The van der Waals surface area contributed by atoms with Crippen LogP contribution < -0.4 is 0 Å². The van der Waals surface area contributed by atoms with Crippen molar-refractivity contribution in [3.05, 3.63) is 23.8 Å². The minimum atomic E-state index is -0.757. The molecule has 5 nitrogen and oxygen atoms in total. The van der Waals surface area contributed by atoms with Crippen LogP contribution in [0.2, 0.25) is 0 Å². The Morgan fingerprint density at radius 1 is 0.903 bits per heavy atom. The van der Waals surface area contributed by atoms with Crippen LogP contribution in [0.25, 0.3) is 0 Å². The largest absolute Gasteiger partial charge is 0.463 e. The Hall–Kier alpha value is -1.91. The van der Waals surface area contributed by atoms with Gasteiger partial charge < -0.3 is 9.47 Å². The Morgan fingerprint density at radius 2 is 1.61 bits per heavy atom. The molecular weight excluding hydrogens is 392 g/mol. The molecule has 1 aliphatic carbocycles. The number of methoxy groups -OCH3 is 1. The summed E-state index contributed by atoms with van der Waals surface area (Å²) in [6, 6.07) is 0. The SMILES string of the molecule is COC(=O)C(=O)CCCCC[C@H]1[C@@H](OC(C)=O)CC[C@@H]1C=CCCCCCC=C(C)C. The Morgan fingerprint density at radius 3 is 2.29 bits per heavy atom. The summed E-state index contributed by atoms with van der Waals surface area (Å²) in [6.45, 7) is 5.77. The van der Waals surface area contributed by atoms with Gasteiger partial charge in [-0.05, 0) is 71.1 Å². The minimum absolute atomic E-state index is 0.00655. The van der Waals surface area contributed by atoms with Gasteiger partial charge in [0.05, 0.1) is 7.11 Å². The van der Waals surface area contributed by atoms with Crippen molar-refractivity contribution in [1.82, 2.24) is 0 Å². The fraction of sp³-hybridized carbons (Fsp3) is 0.731. The van der Waals surface area contributed by atoms with E-state index in [1.807, 2.05) is 0 Å². The predicted molar refractivity (Wildman–Crippen MR) is 124 cm³/mol. The second-order valence-electron chi connectivity index (χ2n) is 8.91. The van der Waals surface area contributed by atoms with Gasteiger partial charge in [0.2, 0.25) is 5.78 Å². The Bertz CT molecular complexity index is 615. The normalized spacial score (nSPS) is 20.6. The third kappa shape index (κ3) is 11.9. The lowest BCUT2D eigenvalue weighted by molar-refractivity contribution is -0.151. The van der Waals surface area contributed by atoms with Crippen molar-refractivity contribution >= 4 is 17.7 Å². The average molecular weight is 435 g/mol. The Labute approximate surface area is 188 Å². The first-order valence-electron chi connectivity index (χ1n) is 11.9. The molecule has 0 N–H and O–H groups in total. The zero-order chi connectivity index (χ0) is 23.1. The highest BCUT2D eigenvalue weighted by atomic mass is 16.5. The second-order valence-corrected chi connectivity index (χ2v) is 8.91. The summed E-state index contributed by atoms with van der Waals surface area (Å²) in [5.41, 5.74) is 1.39. The van der Waals surface area contributed by atoms with Gasteiger partial charge in [0.1, 0.15) is 6.10 Å². The molecule has 0 aromatic rings. The lowest BCUT2D eigenvalue weighted by Gasteiger charge is -2.23. The Kier molecular flexibility index (Phi) is 13.8. The molecule has 0 heterocycles. The predicted octanol–water partition coefficient (Wildman–Crippen LogP) is 6.11. The first-order valence-corrected chi connectivity index (χ1v) is 11.9. The number of unbranched alkanes of at least 4 members (excludes halogenated alkanes) is 6. The summed E-state index contributed by atoms with van der Waals surface area (Å²) in [5.74, 6) is -0.629. The minimum Gasteiger partial charge on any atom is -0.463 e. The molecule has 1 rings (SSSR count). The van der Waals surface area contributed by atoms with Crippen molar-refractivity contribution in [3.63, 3.8) is 0 Å². The van der Waals surface area contributed by atoms with Gasteiger partial charge in [-0.3, -0.25) is 9.59 Å². The van der Waals surface area contributed by atoms with Gasteiger partial charge in [0.15, 0.2) is 0 Å². The van der Waals surface area contributed by atoms with Crippen LogP contribution in [0.15, 0.2) is 23.8 Å². The molecule has 0 saturated heterocycles. The molecule has 0 unspecified atom stereocenters. The lowest BCUT2D eigenvalue weighted by atomic mass is 9.88. The van der Waals surface area contributed by atoms with Gasteiger partial charge >= 0.3 is 11.9 Å². The van der Waals surface area contributed by atoms with Crippen LogP contribution in [0, 0.1) is 11.8 Å². The zero-order valence-corrected chi connectivity index (χ0v) is 20.0. The average Bonchev–Trinajstić information content (AvgIpc) is 3.09. The number of carbonyl (C=O) groups excluding carboxylic acids is 3. The van der Waals surface area contributed by atoms with E-state index >= 15 is 0 Å². The summed E-state index contributed by atoms with van der Waals surface area (Å²) in [5, 5.41) is 0. The van der Waals surface area contributed by atoms with E-state index in [1.54, 1.807) is 0 Å². The smallest absolute Gasteiger partial charge is 0.374 e. The van der Waals surface area contributed by atoms with E-state index in [1.165, 1.54) is 45.3 Å². The number of hydrogen-bond donors (Lipinski definition) is 0. The molecule has 0 aromatic heterocycles. The van der Waals surface area contributed by atoms with E-state index in [-0.39, 0.29) is 18.5 Å². The van der Waals surface area contributed by atoms with Crippen LogP contribution in [0.1, 0.15) is 97.8 Å². The fourth-order valence-electron chi connectivity index (χ4n) is 4.36. The van der Waals surface area contributed by atoms with Crippen LogP contribution in [-0.4, -0.2) is 30.9 Å². The van der Waals surface area contributed by atoms with Crippen molar-refractivity contribution in [2.24, 2.45) is 11.8 Å². The van der Waals surface area contributed by atoms with E-state index in [2.05, 4.69) is 36.8 Å². The van der Waals surface area contributed by atoms with Gasteiger partial charge in [-0.15, -0.1) is 0 Å². The molecule has 3 atom stereocenters. The number of carbonyl (C=O) groups is 3. The molecule has 0 amide bonds. The molecule has 0 spiro atoms. The first kappa shape index (κ1) is 27.1. The number of ether oxygens (including phenoxy) is 2. The number of Topliss-reactive ketones (excluding diaryl/α,β-unsaturated/α-hetero) is 1. The third-order valence-corrected chi connectivity index (χ3v) is 5.99. The van der Waals surface area contributed by atoms with E-state index in [0.717, 1.165) is 38.5 Å². The second kappa shape index (κ2) is 15.8. The van der Waals surface area contributed by atoms with Crippen molar-refractivity contribution in [3.8, 4) is 0 Å². The molecular formula is C26H42O5. The number of hydrogen-bond acceptors (Lipinski definition) is 5. The van der Waals surface area contributed by atoms with E-state index in [0.29, 0.717) is 18.3 Å². The van der Waals surface area contributed by atoms with Crippen LogP contribution in [0.3, 0.4) is 0 Å². The highest BCUT2D eigenvalue weighted by molar-refractivity contribution is 6.33. The summed E-state index contributed by atoms with van der Waals surface area (Å²) < 4.78 is 10.0. The van der Waals surface area contributed by atoms with Crippen molar-refractivity contribution in [1.29, 1.82) is 0 Å². The summed E-state index contributed by atoms with van der Waals surface area (Å²) >= 11 is 0. The molecule has 5 heteroatoms. The van der Waals surface area contributed by atoms with Crippen molar-refractivity contribution in [2.75, 3.05) is 7.11 Å². The maximum absolute atomic E-state index is 11.5. The van der Waals surface area contributed by atoms with Crippen molar-refractivity contribution in [2.45, 2.75) is 104 Å². The van der Waals surface area contributed by atoms with Gasteiger partial charge in [0.25, 0.3) is 0 Å². The zero-order valence-electron chi connectivity index (χ0n) is 20.0. The highest BCUT2D eigenvalue weighted by Crippen LogP contribution is 2.38. The number of ketones is 1. The van der Waals surface area contributed by atoms with E-state index in [4.69, 9.17) is 4.74 Å². The van der Waals surface area contributed by atoms with Gasteiger partial charge in [0, 0.05) is 19.3 Å². The number of esters is 2. The summed E-state index contributed by atoms with van der Waals surface area (Å²) in [7, 11) is 1.23. The fourth-order valence-corrected chi connectivity index (χ4v) is 4.36. The topological polar surface area (TPSA) is 69.7 Å². The monoisotopic (exact) mass is 434 g/mol. The first-order chi connectivity index (χ1) is 14.8. The molecule has 0 radical (unpaired) electrons. The highest BCUT2D eigenvalue weighted by Gasteiger charge is 2.36. The van der Waals surface area contributed by atoms with Gasteiger partial charge in [-0.2, -0.15) is 0 Å². The van der Waals surface area contributed by atoms with Crippen LogP contribution in [0.5, 0.6) is 0 Å². The molecule has 0 bridgehead atoms. The van der Waals surface area contributed by atoms with Crippen LogP contribution >= 0.6 is 0 Å². The van der Waals surface area contributed by atoms with Crippen LogP contribution in [-0.2, 0) is 23.9 Å². The van der Waals surface area contributed by atoms with E-state index < -0.39 is 11.8 Å². The number of allylic oxidation sites excluding steroid dienone is 4. The molecule has 0 aliphatic heterocycles. The van der Waals surface area contributed by atoms with Gasteiger partial charge in [-0.25, -0.2) is 4.79 Å². The molecule has 1 saturated carbocycles. The maximum atomic E-state index is 11.5. The summed E-state index contributed by atoms with van der Waals surface area (Å²) in [4.78, 5) is 34.2. The molecule has 0 aromatic carbocycles. The third-order valence-electron chi connectivity index (χ3n) is 5.99. The van der Waals surface area contributed by atoms with E-state index in [9.17, 15) is 14.4 Å². The quantitative estimate of drug-likeness (QED) is 0.135. The number of rotatable bonds is 15. The van der Waals surface area contributed by atoms with Crippen molar-refractivity contribution < 1.29 is 23.9 Å². The molecule has 1 aliphatic rings. The maximum Gasteiger partial charge on any atom is 0.374 e. The Balaban J connectivity index is 2.40.